The van der Waals surface area contributed by atoms with Crippen molar-refractivity contribution in [2.24, 2.45) is 0 Å². The molecule has 4 rings (SSSR count). The lowest BCUT2D eigenvalue weighted by molar-refractivity contribution is -0.125. The van der Waals surface area contributed by atoms with Gasteiger partial charge < -0.3 is 23.9 Å². The largest absolute Gasteiger partial charge is 0.486 e. The van der Waals surface area contributed by atoms with Gasteiger partial charge in [-0.2, -0.15) is 0 Å². The topological polar surface area (TPSA) is 87.0 Å². The highest BCUT2D eigenvalue weighted by Gasteiger charge is 2.21. The van der Waals surface area contributed by atoms with Gasteiger partial charge in [-0.1, -0.05) is 29.8 Å². The molecule has 29 heavy (non-hydrogen) atoms. The fourth-order valence-electron chi connectivity index (χ4n) is 3.01. The molecular formula is C21H18ClNO6. The first-order valence-corrected chi connectivity index (χ1v) is 9.43. The summed E-state index contributed by atoms with van der Waals surface area (Å²) in [5.74, 6) is 0.250. The Kier molecular flexibility index (Phi) is 5.31. The van der Waals surface area contributed by atoms with Gasteiger partial charge in [0.15, 0.2) is 18.1 Å². The molecule has 0 aliphatic carbocycles. The number of hydrogen-bond donors (Lipinski definition) is 1. The lowest BCUT2D eigenvalue weighted by Crippen LogP contribution is -2.31. The first-order valence-electron chi connectivity index (χ1n) is 9.05. The molecule has 0 fully saturated rings. The van der Waals surface area contributed by atoms with Gasteiger partial charge in [-0.3, -0.25) is 4.79 Å². The van der Waals surface area contributed by atoms with Gasteiger partial charge in [-0.25, -0.2) is 4.79 Å². The van der Waals surface area contributed by atoms with E-state index in [-0.39, 0.29) is 16.6 Å². The van der Waals surface area contributed by atoms with Gasteiger partial charge in [-0.15, -0.1) is 0 Å². The van der Waals surface area contributed by atoms with E-state index in [1.807, 2.05) is 30.3 Å². The van der Waals surface area contributed by atoms with Crippen molar-refractivity contribution in [3.63, 3.8) is 0 Å². The maximum absolute atomic E-state index is 12.3. The van der Waals surface area contributed by atoms with Gasteiger partial charge in [0, 0.05) is 5.39 Å². The first kappa shape index (κ1) is 19.1. The van der Waals surface area contributed by atoms with Crippen molar-refractivity contribution in [2.45, 2.75) is 13.0 Å². The third-order valence-electron chi connectivity index (χ3n) is 4.42. The van der Waals surface area contributed by atoms with E-state index in [1.165, 1.54) is 12.1 Å². The van der Waals surface area contributed by atoms with Crippen molar-refractivity contribution >= 4 is 34.4 Å². The van der Waals surface area contributed by atoms with Crippen LogP contribution in [0.3, 0.4) is 0 Å². The van der Waals surface area contributed by atoms with Crippen molar-refractivity contribution in [3.8, 4) is 11.5 Å². The van der Waals surface area contributed by atoms with E-state index in [0.717, 1.165) is 11.0 Å². The Morgan fingerprint density at radius 3 is 2.79 bits per heavy atom. The monoisotopic (exact) mass is 415 g/mol. The van der Waals surface area contributed by atoms with Crippen LogP contribution in [-0.2, 0) is 9.53 Å². The third-order valence-corrected chi connectivity index (χ3v) is 4.70. The van der Waals surface area contributed by atoms with Crippen molar-refractivity contribution in [2.75, 3.05) is 19.8 Å². The third kappa shape index (κ3) is 4.14. The fourth-order valence-corrected chi connectivity index (χ4v) is 3.28. The van der Waals surface area contributed by atoms with Gasteiger partial charge in [0.05, 0.1) is 16.6 Å². The summed E-state index contributed by atoms with van der Waals surface area (Å²) in [7, 11) is 0. The minimum atomic E-state index is -0.685. The quantitative estimate of drug-likeness (QED) is 0.636. The fraction of sp³-hybridized carbons (Fsp3) is 0.238. The Morgan fingerprint density at radius 2 is 1.97 bits per heavy atom. The van der Waals surface area contributed by atoms with Crippen LogP contribution in [-0.4, -0.2) is 31.7 Å². The molecule has 1 aliphatic rings. The second-order valence-electron chi connectivity index (χ2n) is 6.53. The molecule has 7 nitrogen and oxygen atoms in total. The predicted octanol–water partition coefficient (Wildman–Crippen LogP) is 3.89. The normalized spacial score (nSPS) is 13.7. The molecular weight excluding hydrogens is 398 g/mol. The lowest BCUT2D eigenvalue weighted by atomic mass is 10.2. The molecule has 3 aromatic rings. The van der Waals surface area contributed by atoms with E-state index in [1.54, 1.807) is 6.92 Å². The van der Waals surface area contributed by atoms with Gasteiger partial charge in [-0.05, 0) is 31.2 Å². The summed E-state index contributed by atoms with van der Waals surface area (Å²) < 4.78 is 21.7. The van der Waals surface area contributed by atoms with E-state index in [9.17, 15) is 9.59 Å². The number of benzene rings is 2. The molecule has 150 valence electrons. The number of carbonyl (C=O) groups excluding carboxylic acids is 2. The zero-order chi connectivity index (χ0) is 20.4. The molecule has 0 unspecified atom stereocenters. The molecule has 1 aromatic heterocycles. The number of hydrogen-bond acceptors (Lipinski definition) is 6. The number of esters is 1. The SMILES string of the molecule is C[C@H](NC(=O)COC(=O)c1cc(Cl)c2c(c1)OCCO2)c1cc2ccccc2o1. The number of rotatable bonds is 5. The van der Waals surface area contributed by atoms with Crippen LogP contribution in [0.15, 0.2) is 46.9 Å². The van der Waals surface area contributed by atoms with Gasteiger partial charge >= 0.3 is 5.97 Å². The number of amides is 1. The molecule has 0 radical (unpaired) electrons. The Bertz CT molecular complexity index is 1040. The number of carbonyl (C=O) groups is 2. The summed E-state index contributed by atoms with van der Waals surface area (Å²) >= 11 is 6.12. The number of para-hydroxylation sites is 1. The van der Waals surface area contributed by atoms with Crippen molar-refractivity contribution in [1.82, 2.24) is 5.32 Å². The molecule has 0 saturated carbocycles. The molecule has 1 aliphatic heterocycles. The molecule has 0 bridgehead atoms. The van der Waals surface area contributed by atoms with Gasteiger partial charge in [0.25, 0.3) is 5.91 Å². The Balaban J connectivity index is 1.35. The predicted molar refractivity (Wildman–Crippen MR) is 105 cm³/mol. The second-order valence-corrected chi connectivity index (χ2v) is 6.94. The van der Waals surface area contributed by atoms with Crippen LogP contribution in [0.2, 0.25) is 5.02 Å². The summed E-state index contributed by atoms with van der Waals surface area (Å²) in [6.07, 6.45) is 0. The number of nitrogens with one attached hydrogen (secondary N) is 1. The summed E-state index contributed by atoms with van der Waals surface area (Å²) in [6, 6.07) is 12.0. The average molecular weight is 416 g/mol. The second kappa shape index (κ2) is 8.05. The van der Waals surface area contributed by atoms with E-state index in [4.69, 9.17) is 30.2 Å². The van der Waals surface area contributed by atoms with Crippen LogP contribution in [0, 0.1) is 0 Å². The highest BCUT2D eigenvalue weighted by atomic mass is 35.5. The van der Waals surface area contributed by atoms with E-state index in [0.29, 0.717) is 30.5 Å². The van der Waals surface area contributed by atoms with Crippen LogP contribution in [0.1, 0.15) is 29.1 Å². The van der Waals surface area contributed by atoms with E-state index >= 15 is 0 Å². The van der Waals surface area contributed by atoms with Crippen LogP contribution in [0.5, 0.6) is 11.5 Å². The maximum atomic E-state index is 12.3. The molecule has 0 saturated heterocycles. The molecule has 1 atom stereocenters. The Labute approximate surface area is 171 Å². The molecule has 0 spiro atoms. The molecule has 1 amide bonds. The van der Waals surface area contributed by atoms with Crippen LogP contribution in [0.25, 0.3) is 11.0 Å². The molecule has 2 aromatic carbocycles. The number of halogens is 1. The minimum absolute atomic E-state index is 0.178. The number of furan rings is 1. The average Bonchev–Trinajstić information content (AvgIpc) is 3.16. The highest BCUT2D eigenvalue weighted by molar-refractivity contribution is 6.32. The summed E-state index contributed by atoms with van der Waals surface area (Å²) in [5.41, 5.74) is 0.919. The Morgan fingerprint density at radius 1 is 1.17 bits per heavy atom. The maximum Gasteiger partial charge on any atom is 0.338 e. The summed E-state index contributed by atoms with van der Waals surface area (Å²) in [5, 5.41) is 3.94. The summed E-state index contributed by atoms with van der Waals surface area (Å²) in [6.45, 7) is 2.11. The van der Waals surface area contributed by atoms with Crippen LogP contribution in [0.4, 0.5) is 0 Å². The zero-order valence-electron chi connectivity index (χ0n) is 15.6. The Hall–Kier alpha value is -3.19. The smallest absolute Gasteiger partial charge is 0.338 e. The minimum Gasteiger partial charge on any atom is -0.486 e. The molecule has 8 heteroatoms. The van der Waals surface area contributed by atoms with Gasteiger partial charge in [0.1, 0.15) is 24.6 Å². The number of fused-ring (bicyclic) bond motifs is 2. The first-order chi connectivity index (χ1) is 14.0. The van der Waals surface area contributed by atoms with Crippen LogP contribution < -0.4 is 14.8 Å². The van der Waals surface area contributed by atoms with Crippen molar-refractivity contribution in [1.29, 1.82) is 0 Å². The standard InChI is InChI=1S/C21H18ClNO6/c1-12(17-9-13-4-2-3-5-16(13)29-17)23-19(24)11-28-21(25)14-8-15(22)20-18(10-14)26-6-7-27-20/h2-5,8-10,12H,6-7,11H2,1H3,(H,23,24)/t12-/m0/s1. The van der Waals surface area contributed by atoms with E-state index in [2.05, 4.69) is 5.32 Å². The van der Waals surface area contributed by atoms with Crippen molar-refractivity contribution in [3.05, 3.63) is 58.8 Å². The van der Waals surface area contributed by atoms with Crippen LogP contribution >= 0.6 is 11.6 Å². The highest BCUT2D eigenvalue weighted by Crippen LogP contribution is 2.38. The molecule has 2 heterocycles. The van der Waals surface area contributed by atoms with Crippen molar-refractivity contribution < 1.29 is 28.2 Å². The van der Waals surface area contributed by atoms with E-state index < -0.39 is 18.5 Å². The number of ether oxygens (including phenoxy) is 3. The zero-order valence-corrected chi connectivity index (χ0v) is 16.3. The molecule has 1 N–H and O–H groups in total. The van der Waals surface area contributed by atoms with Gasteiger partial charge in [0.2, 0.25) is 0 Å². The lowest BCUT2D eigenvalue weighted by Gasteiger charge is -2.20. The summed E-state index contributed by atoms with van der Waals surface area (Å²) in [4.78, 5) is 24.5.